The van der Waals surface area contributed by atoms with Crippen molar-refractivity contribution in [2.24, 2.45) is 16.9 Å². The van der Waals surface area contributed by atoms with E-state index in [9.17, 15) is 28.8 Å². The molecule has 0 N–H and O–H groups in total. The van der Waals surface area contributed by atoms with E-state index in [0.717, 1.165) is 93.0 Å². The van der Waals surface area contributed by atoms with Crippen LogP contribution in [0.15, 0.2) is 121 Å². The summed E-state index contributed by atoms with van der Waals surface area (Å²) in [6.45, 7) is 12.8. The summed E-state index contributed by atoms with van der Waals surface area (Å²) in [5, 5.41) is 7.57. The molecule has 18 heteroatoms. The van der Waals surface area contributed by atoms with E-state index in [-0.39, 0.29) is 35.3 Å². The Morgan fingerprint density at radius 1 is 0.607 bits per heavy atom. The Kier molecular flexibility index (Phi) is 25.8. The van der Waals surface area contributed by atoms with E-state index in [1.165, 1.54) is 11.3 Å². The monoisotopic (exact) mass is 1170 g/mol. The number of hydrazone groups is 1. The maximum Gasteiger partial charge on any atom is 0.339 e. The van der Waals surface area contributed by atoms with Gasteiger partial charge in [0.25, 0.3) is 0 Å². The molecule has 2 saturated carbocycles. The van der Waals surface area contributed by atoms with Crippen molar-refractivity contribution in [3.05, 3.63) is 133 Å². The Morgan fingerprint density at radius 3 is 1.65 bits per heavy atom. The SMILES string of the molecule is C=CC(=O)OCCCCCCOc1ccc(OC(=O)C2CCC(OC(=O)c3ccc(OC(=O)C4CCC(OC(=O)c5ccc(OCCCCCCOC(=O)C=C)cc5)CC4)cc3/C=N/N(c3nc4ccccc4s3)C(C)CCCC)CC2)cc1. The molecule has 0 bridgehead atoms. The van der Waals surface area contributed by atoms with E-state index in [2.05, 4.69) is 27.0 Å². The number of carbonyl (C=O) groups is 6. The van der Waals surface area contributed by atoms with Gasteiger partial charge in [0.15, 0.2) is 0 Å². The van der Waals surface area contributed by atoms with Crippen LogP contribution < -0.4 is 24.0 Å². The molecule has 0 aliphatic heterocycles. The van der Waals surface area contributed by atoms with Crippen molar-refractivity contribution >= 4 is 68.7 Å². The molecule has 2 aliphatic carbocycles. The van der Waals surface area contributed by atoms with E-state index < -0.39 is 41.9 Å². The second kappa shape index (κ2) is 34.0. The number of thiazole rings is 1. The van der Waals surface area contributed by atoms with Crippen LogP contribution in [0, 0.1) is 11.8 Å². The minimum Gasteiger partial charge on any atom is -0.494 e. The third kappa shape index (κ3) is 20.5. The topological polar surface area (TPSA) is 205 Å². The van der Waals surface area contributed by atoms with Gasteiger partial charge in [0.2, 0.25) is 5.13 Å². The first kappa shape index (κ1) is 63.7. The van der Waals surface area contributed by atoms with Crippen molar-refractivity contribution < 1.29 is 66.7 Å². The molecule has 5 aromatic rings. The first-order valence-electron chi connectivity index (χ1n) is 29.6. The first-order valence-corrected chi connectivity index (χ1v) is 30.4. The summed E-state index contributed by atoms with van der Waals surface area (Å²) in [5.41, 5.74) is 1.89. The predicted octanol–water partition coefficient (Wildman–Crippen LogP) is 13.7. The lowest BCUT2D eigenvalue weighted by Crippen LogP contribution is -2.30. The number of hydrogen-bond acceptors (Lipinski definition) is 18. The van der Waals surface area contributed by atoms with Crippen LogP contribution in [0.5, 0.6) is 23.0 Å². The molecule has 0 amide bonds. The summed E-state index contributed by atoms with van der Waals surface area (Å²) in [6.07, 6.45) is 16.6. The fourth-order valence-electron chi connectivity index (χ4n) is 9.87. The second-order valence-electron chi connectivity index (χ2n) is 21.2. The lowest BCUT2D eigenvalue weighted by molar-refractivity contribution is -0.141. The molecule has 1 unspecified atom stereocenters. The molecule has 2 fully saturated rings. The maximum absolute atomic E-state index is 14.2. The molecule has 7 rings (SSSR count). The van der Waals surface area contributed by atoms with Gasteiger partial charge in [-0.05, 0) is 195 Å². The van der Waals surface area contributed by atoms with Crippen LogP contribution in [-0.2, 0) is 38.1 Å². The molecular formula is C66H79N3O14S. The minimum absolute atomic E-state index is 0.0361. The molecule has 1 heterocycles. The van der Waals surface area contributed by atoms with Gasteiger partial charge in [-0.15, -0.1) is 0 Å². The van der Waals surface area contributed by atoms with E-state index in [0.29, 0.717) is 111 Å². The van der Waals surface area contributed by atoms with Crippen LogP contribution in [0.3, 0.4) is 0 Å². The highest BCUT2D eigenvalue weighted by atomic mass is 32.1. The standard InChI is InChI=1S/C66H79N3O14S/c1-5-8-19-46(4)69(66-68-58-20-13-14-21-59(58)84-66)67-45-50-44-56(83-64(74)49-24-30-53(31-25-49)80-62(72)47-22-28-51(29-23-47)76-40-15-9-11-17-42-78-60(70)6-2)38-39-57(50)65(75)82-54-32-26-48(27-33-54)63(73)81-55-36-34-52(35-37-55)77-41-16-10-12-18-43-79-61(71)7-3/h6-7,13-14,20-23,28-29,34-39,44-46,48-49,53-54H,2-3,5,8-12,15-19,24-27,30-33,40-43H2,1,4H3/b67-45+. The Morgan fingerprint density at radius 2 is 1.11 bits per heavy atom. The molecule has 448 valence electrons. The Bertz CT molecular complexity index is 2950. The Hall–Kier alpha value is -7.86. The van der Waals surface area contributed by atoms with E-state index >= 15 is 0 Å². The number of unbranched alkanes of at least 4 members (excludes halogenated alkanes) is 7. The van der Waals surface area contributed by atoms with Crippen LogP contribution >= 0.6 is 11.3 Å². The average molecular weight is 1170 g/mol. The lowest BCUT2D eigenvalue weighted by atomic mass is 9.87. The van der Waals surface area contributed by atoms with Crippen LogP contribution in [0.2, 0.25) is 0 Å². The highest BCUT2D eigenvalue weighted by Gasteiger charge is 2.32. The van der Waals surface area contributed by atoms with Gasteiger partial charge < -0.3 is 37.9 Å². The van der Waals surface area contributed by atoms with Crippen molar-refractivity contribution in [1.29, 1.82) is 0 Å². The van der Waals surface area contributed by atoms with Crippen LogP contribution in [-0.4, -0.2) is 91.7 Å². The quantitative estimate of drug-likeness (QED) is 0.00728. The van der Waals surface area contributed by atoms with Gasteiger partial charge in [-0.1, -0.05) is 56.4 Å². The number of nitrogens with zero attached hydrogens (tertiary/aromatic N) is 3. The Labute approximate surface area is 496 Å². The van der Waals surface area contributed by atoms with Gasteiger partial charge in [0, 0.05) is 17.7 Å². The zero-order valence-electron chi connectivity index (χ0n) is 48.4. The molecule has 1 aromatic heterocycles. The van der Waals surface area contributed by atoms with Crippen LogP contribution in [0.1, 0.15) is 162 Å². The van der Waals surface area contributed by atoms with Crippen molar-refractivity contribution in [3.63, 3.8) is 0 Å². The number of fused-ring (bicyclic) bond motifs is 1. The van der Waals surface area contributed by atoms with E-state index in [4.69, 9.17) is 48.0 Å². The van der Waals surface area contributed by atoms with Gasteiger partial charge in [-0.2, -0.15) is 5.10 Å². The molecule has 84 heavy (non-hydrogen) atoms. The van der Waals surface area contributed by atoms with Gasteiger partial charge in [0.1, 0.15) is 35.2 Å². The van der Waals surface area contributed by atoms with Gasteiger partial charge in [0.05, 0.1) is 71.9 Å². The molecule has 17 nitrogen and oxygen atoms in total. The summed E-state index contributed by atoms with van der Waals surface area (Å²) in [7, 11) is 0. The summed E-state index contributed by atoms with van der Waals surface area (Å²) in [6, 6.07) is 26.5. The third-order valence-corrected chi connectivity index (χ3v) is 15.8. The summed E-state index contributed by atoms with van der Waals surface area (Å²) in [4.78, 5) is 81.7. The van der Waals surface area contributed by atoms with Gasteiger partial charge in [-0.3, -0.25) is 9.59 Å². The van der Waals surface area contributed by atoms with Crippen molar-refractivity contribution in [1.82, 2.24) is 4.98 Å². The number of esters is 6. The number of anilines is 1. The number of aromatic nitrogens is 1. The lowest BCUT2D eigenvalue weighted by Gasteiger charge is -2.27. The number of ether oxygens (including phenoxy) is 8. The van der Waals surface area contributed by atoms with Crippen molar-refractivity contribution in [2.45, 2.75) is 154 Å². The summed E-state index contributed by atoms with van der Waals surface area (Å²) >= 11 is 1.53. The molecule has 4 aromatic carbocycles. The molecule has 0 saturated heterocycles. The first-order chi connectivity index (χ1) is 40.9. The highest BCUT2D eigenvalue weighted by Crippen LogP contribution is 2.34. The van der Waals surface area contributed by atoms with Crippen molar-refractivity contribution in [2.75, 3.05) is 31.4 Å². The zero-order valence-corrected chi connectivity index (χ0v) is 49.2. The molecule has 0 radical (unpaired) electrons. The largest absolute Gasteiger partial charge is 0.494 e. The van der Waals surface area contributed by atoms with Gasteiger partial charge in [-0.25, -0.2) is 29.2 Å². The number of rotatable bonds is 33. The maximum atomic E-state index is 14.2. The van der Waals surface area contributed by atoms with E-state index in [1.807, 2.05) is 29.3 Å². The van der Waals surface area contributed by atoms with Crippen LogP contribution in [0.25, 0.3) is 10.2 Å². The number of carbonyl (C=O) groups excluding carboxylic acids is 6. The number of hydrogen-bond donors (Lipinski definition) is 0. The molecular weight excluding hydrogens is 1090 g/mol. The normalized spacial score (nSPS) is 17.1. The fraction of sp³-hybridized carbons (Fsp3) is 0.455. The number of benzene rings is 4. The van der Waals surface area contributed by atoms with Gasteiger partial charge >= 0.3 is 35.8 Å². The Balaban J connectivity index is 0.916. The zero-order chi connectivity index (χ0) is 59.5. The van der Waals surface area contributed by atoms with E-state index in [1.54, 1.807) is 72.9 Å². The molecule has 2 aliphatic rings. The minimum atomic E-state index is -0.567. The third-order valence-electron chi connectivity index (χ3n) is 14.8. The predicted molar refractivity (Wildman–Crippen MR) is 322 cm³/mol. The smallest absolute Gasteiger partial charge is 0.339 e. The second-order valence-corrected chi connectivity index (χ2v) is 22.2. The average Bonchev–Trinajstić information content (AvgIpc) is 4.17. The van der Waals surface area contributed by atoms with Crippen LogP contribution in [0.4, 0.5) is 5.13 Å². The highest BCUT2D eigenvalue weighted by molar-refractivity contribution is 7.22. The molecule has 1 atom stereocenters. The summed E-state index contributed by atoms with van der Waals surface area (Å²) < 4.78 is 46.5. The van der Waals surface area contributed by atoms with Crippen molar-refractivity contribution in [3.8, 4) is 23.0 Å². The number of para-hydroxylation sites is 1. The fourth-order valence-corrected chi connectivity index (χ4v) is 10.9. The summed E-state index contributed by atoms with van der Waals surface area (Å²) in [5.74, 6) is -1.43. The molecule has 0 spiro atoms.